The smallest absolute Gasteiger partial charge is 0.251 e. The lowest BCUT2D eigenvalue weighted by molar-refractivity contribution is 0.0952. The van der Waals surface area contributed by atoms with Gasteiger partial charge in [0.25, 0.3) is 5.91 Å². The van der Waals surface area contributed by atoms with E-state index in [0.717, 1.165) is 50.2 Å². The van der Waals surface area contributed by atoms with Crippen LogP contribution in [0.3, 0.4) is 0 Å². The van der Waals surface area contributed by atoms with Crippen LogP contribution >= 0.6 is 0 Å². The summed E-state index contributed by atoms with van der Waals surface area (Å²) in [6.07, 6.45) is 10.9. The number of aromatic nitrogens is 1. The molecule has 0 saturated carbocycles. The topological polar surface area (TPSA) is 78.2 Å². The third kappa shape index (κ3) is 6.49. The van der Waals surface area contributed by atoms with Gasteiger partial charge in [-0.3, -0.25) is 9.78 Å². The maximum absolute atomic E-state index is 12.6. The van der Waals surface area contributed by atoms with Crippen molar-refractivity contribution < 1.29 is 9.53 Å². The molecule has 0 unspecified atom stereocenters. The summed E-state index contributed by atoms with van der Waals surface area (Å²) in [7, 11) is 1.84. The van der Waals surface area contributed by atoms with Crippen molar-refractivity contribution >= 4 is 5.91 Å². The molecule has 202 valence electrons. The Morgan fingerprint density at radius 1 is 1.05 bits per heavy atom. The lowest BCUT2D eigenvalue weighted by Crippen LogP contribution is -2.34. The summed E-state index contributed by atoms with van der Waals surface area (Å²) < 4.78 is 5.94. The number of pyridine rings is 1. The van der Waals surface area contributed by atoms with E-state index in [1.165, 1.54) is 54.5 Å². The highest BCUT2D eigenvalue weighted by molar-refractivity contribution is 5.94. The molecule has 1 aliphatic carbocycles. The Morgan fingerprint density at radius 3 is 2.56 bits per heavy atom. The zero-order chi connectivity index (χ0) is 27.0. The van der Waals surface area contributed by atoms with E-state index < -0.39 is 0 Å². The minimum absolute atomic E-state index is 0.0471. The zero-order valence-corrected chi connectivity index (χ0v) is 22.9. The zero-order valence-electron chi connectivity index (χ0n) is 22.9. The second kappa shape index (κ2) is 12.9. The summed E-state index contributed by atoms with van der Waals surface area (Å²) in [5, 5.41) is 12.0. The Bertz CT molecular complexity index is 1300. The van der Waals surface area contributed by atoms with Crippen molar-refractivity contribution in [2.75, 3.05) is 33.3 Å². The number of fused-ring (bicyclic) bond motifs is 1. The van der Waals surface area contributed by atoms with Crippen molar-refractivity contribution in [1.82, 2.24) is 15.2 Å². The third-order valence-corrected chi connectivity index (χ3v) is 8.26. The second-order valence-electron chi connectivity index (χ2n) is 10.7. The Hall–Kier alpha value is -3.69. The molecule has 0 radical (unpaired) electrons. The maximum atomic E-state index is 12.6. The number of likely N-dealkylation sites (tertiary alicyclic amines) is 1. The van der Waals surface area contributed by atoms with Crippen LogP contribution in [0.15, 0.2) is 54.7 Å². The Kier molecular flexibility index (Phi) is 8.90. The van der Waals surface area contributed by atoms with Crippen LogP contribution in [0.5, 0.6) is 5.75 Å². The van der Waals surface area contributed by atoms with E-state index >= 15 is 0 Å². The van der Waals surface area contributed by atoms with Crippen molar-refractivity contribution in [3.63, 3.8) is 0 Å². The number of rotatable bonds is 9. The van der Waals surface area contributed by atoms with Crippen LogP contribution in [0.25, 0.3) is 11.3 Å². The number of ether oxygens (including phenoxy) is 1. The minimum atomic E-state index is -0.0471. The number of piperidine rings is 1. The maximum Gasteiger partial charge on any atom is 0.251 e. The van der Waals surface area contributed by atoms with Crippen LogP contribution in [-0.2, 0) is 12.8 Å². The molecule has 0 spiro atoms. The number of benzene rings is 2. The van der Waals surface area contributed by atoms with Crippen molar-refractivity contribution in [3.05, 3.63) is 82.5 Å². The summed E-state index contributed by atoms with van der Waals surface area (Å²) in [6, 6.07) is 17.8. The highest BCUT2D eigenvalue weighted by atomic mass is 16.5. The van der Waals surface area contributed by atoms with Crippen LogP contribution in [0.1, 0.15) is 77.1 Å². The number of hydrogen-bond acceptors (Lipinski definition) is 5. The van der Waals surface area contributed by atoms with Crippen LogP contribution < -0.4 is 10.1 Å². The molecule has 1 aromatic heterocycles. The molecule has 1 N–H and O–H groups in total. The molecule has 39 heavy (non-hydrogen) atoms. The van der Waals surface area contributed by atoms with Crippen LogP contribution in [0.2, 0.25) is 0 Å². The van der Waals surface area contributed by atoms with E-state index in [2.05, 4.69) is 33.4 Å². The first kappa shape index (κ1) is 26.9. The van der Waals surface area contributed by atoms with E-state index in [1.54, 1.807) is 12.3 Å². The molecular formula is C33H38N4O2. The summed E-state index contributed by atoms with van der Waals surface area (Å²) in [4.78, 5) is 19.5. The lowest BCUT2D eigenvalue weighted by Gasteiger charge is -2.33. The van der Waals surface area contributed by atoms with Crippen molar-refractivity contribution in [2.45, 2.75) is 57.3 Å². The second-order valence-corrected chi connectivity index (χ2v) is 10.7. The molecule has 2 aromatic carbocycles. The predicted molar refractivity (Wildman–Crippen MR) is 154 cm³/mol. The van der Waals surface area contributed by atoms with Crippen LogP contribution in [-0.4, -0.2) is 49.1 Å². The molecule has 1 fully saturated rings. The van der Waals surface area contributed by atoms with E-state index in [4.69, 9.17) is 10.00 Å². The number of carbonyl (C=O) groups is 1. The third-order valence-electron chi connectivity index (χ3n) is 8.26. The van der Waals surface area contributed by atoms with Gasteiger partial charge in [0, 0.05) is 23.9 Å². The molecule has 2 heterocycles. The lowest BCUT2D eigenvalue weighted by atomic mass is 9.83. The Morgan fingerprint density at radius 2 is 1.85 bits per heavy atom. The number of unbranched alkanes of at least 4 members (excludes halogenated alkanes) is 1. The van der Waals surface area contributed by atoms with E-state index in [1.807, 2.05) is 37.4 Å². The van der Waals surface area contributed by atoms with Crippen molar-refractivity contribution in [2.24, 2.45) is 0 Å². The fraction of sp³-hybridized carbons (Fsp3) is 0.424. The summed E-state index contributed by atoms with van der Waals surface area (Å²) in [5.74, 6) is 1.71. The normalized spacial score (nSPS) is 15.8. The molecule has 2 aliphatic rings. The van der Waals surface area contributed by atoms with Gasteiger partial charge in [0.05, 0.1) is 18.4 Å². The highest BCUT2D eigenvalue weighted by Gasteiger charge is 2.26. The molecule has 1 aliphatic heterocycles. The summed E-state index contributed by atoms with van der Waals surface area (Å²) in [5.41, 5.74) is 7.25. The number of carbonyl (C=O) groups excluding carboxylic acids is 1. The van der Waals surface area contributed by atoms with Gasteiger partial charge >= 0.3 is 0 Å². The van der Waals surface area contributed by atoms with Gasteiger partial charge in [-0.1, -0.05) is 24.3 Å². The average molecular weight is 523 g/mol. The van der Waals surface area contributed by atoms with Gasteiger partial charge < -0.3 is 15.0 Å². The summed E-state index contributed by atoms with van der Waals surface area (Å²) >= 11 is 0. The summed E-state index contributed by atoms with van der Waals surface area (Å²) in [6.45, 7) is 4.01. The largest absolute Gasteiger partial charge is 0.496 e. The van der Waals surface area contributed by atoms with Gasteiger partial charge in [-0.25, -0.2) is 0 Å². The number of nitrogens with zero attached hydrogens (tertiary/aromatic N) is 3. The fourth-order valence-electron chi connectivity index (χ4n) is 6.03. The Labute approximate surface area is 232 Å². The highest BCUT2D eigenvalue weighted by Crippen LogP contribution is 2.40. The van der Waals surface area contributed by atoms with Gasteiger partial charge in [0.2, 0.25) is 0 Å². The molecule has 1 saturated heterocycles. The number of methoxy groups -OCH3 is 1. The molecular weight excluding hydrogens is 484 g/mol. The van der Waals surface area contributed by atoms with Gasteiger partial charge in [-0.05, 0) is 118 Å². The minimum Gasteiger partial charge on any atom is -0.496 e. The Balaban J connectivity index is 1.02. The molecule has 5 rings (SSSR count). The van der Waals surface area contributed by atoms with Gasteiger partial charge in [0.15, 0.2) is 0 Å². The van der Waals surface area contributed by atoms with Crippen LogP contribution in [0.4, 0.5) is 0 Å². The quantitative estimate of drug-likeness (QED) is 0.354. The molecule has 0 atom stereocenters. The molecule has 6 heteroatoms. The van der Waals surface area contributed by atoms with Crippen molar-refractivity contribution in [1.29, 1.82) is 5.26 Å². The number of amides is 1. The number of aryl methyl sites for hydroxylation is 1. The van der Waals surface area contributed by atoms with E-state index in [9.17, 15) is 4.79 Å². The van der Waals surface area contributed by atoms with E-state index in [0.29, 0.717) is 23.6 Å². The van der Waals surface area contributed by atoms with Crippen LogP contribution in [0, 0.1) is 11.3 Å². The van der Waals surface area contributed by atoms with E-state index in [-0.39, 0.29) is 5.91 Å². The average Bonchev–Trinajstić information content (AvgIpc) is 3.00. The monoisotopic (exact) mass is 522 g/mol. The standard InChI is InChI=1S/C33H38N4O2/c1-39-32-29-7-3-2-6-25(29)13-14-30(32)26-16-20-37(21-17-26)19-5-4-18-35-33(38)28-11-9-27(10-12-28)31-15-8-24(22-34)23-36-31/h8-15,23,26H,2-7,16-21H2,1H3,(H,35,38). The molecule has 6 nitrogen and oxygen atoms in total. The molecule has 0 bridgehead atoms. The van der Waals surface area contributed by atoms with Gasteiger partial charge in [0.1, 0.15) is 11.8 Å². The molecule has 1 amide bonds. The first-order valence-corrected chi connectivity index (χ1v) is 14.3. The first-order chi connectivity index (χ1) is 19.2. The predicted octanol–water partition coefficient (Wildman–Crippen LogP) is 5.90. The SMILES string of the molecule is COc1c(C2CCN(CCCCNC(=O)c3ccc(-c4ccc(C#N)cn4)cc3)CC2)ccc2c1CCCC2. The van der Waals surface area contributed by atoms with Gasteiger partial charge in [-0.2, -0.15) is 5.26 Å². The fourth-order valence-corrected chi connectivity index (χ4v) is 6.03. The van der Waals surface area contributed by atoms with Crippen molar-refractivity contribution in [3.8, 4) is 23.1 Å². The number of hydrogen-bond donors (Lipinski definition) is 1. The number of nitriles is 1. The van der Waals surface area contributed by atoms with Gasteiger partial charge in [-0.15, -0.1) is 0 Å². The number of nitrogens with one attached hydrogen (secondary N) is 1. The first-order valence-electron chi connectivity index (χ1n) is 14.3. The molecule has 3 aromatic rings.